The van der Waals surface area contributed by atoms with Crippen LogP contribution in [0.25, 0.3) is 0 Å². The number of hydrogen-bond donors (Lipinski definition) is 3. The van der Waals surface area contributed by atoms with Crippen LogP contribution >= 0.6 is 11.8 Å². The van der Waals surface area contributed by atoms with Gasteiger partial charge in [-0.05, 0) is 31.5 Å². The highest BCUT2D eigenvalue weighted by atomic mass is 32.2. The van der Waals surface area contributed by atoms with Gasteiger partial charge in [-0.15, -0.1) is 0 Å². The van der Waals surface area contributed by atoms with Crippen molar-refractivity contribution in [1.82, 2.24) is 15.5 Å². The van der Waals surface area contributed by atoms with E-state index < -0.39 is 17.9 Å². The first-order valence-electron chi connectivity index (χ1n) is 7.58. The Morgan fingerprint density at radius 3 is 2.52 bits per heavy atom. The maximum atomic E-state index is 12.0. The van der Waals surface area contributed by atoms with Crippen molar-refractivity contribution in [2.24, 2.45) is 0 Å². The minimum atomic E-state index is -1.10. The van der Waals surface area contributed by atoms with Gasteiger partial charge in [0.25, 0.3) is 5.91 Å². The molecule has 1 amide bonds. The van der Waals surface area contributed by atoms with Crippen LogP contribution in [0, 0.1) is 11.3 Å². The first-order valence-corrected chi connectivity index (χ1v) is 8.98. The summed E-state index contributed by atoms with van der Waals surface area (Å²) < 4.78 is 0. The van der Waals surface area contributed by atoms with Crippen LogP contribution in [0.3, 0.4) is 0 Å². The summed E-state index contributed by atoms with van der Waals surface area (Å²) in [5, 5.41) is 23.4. The Kier molecular flexibility index (Phi) is 11.8. The van der Waals surface area contributed by atoms with Crippen molar-refractivity contribution in [2.75, 3.05) is 38.2 Å². The lowest BCUT2D eigenvalue weighted by atomic mass is 10.2. The number of aliphatic carboxylic acids is 1. The molecule has 0 saturated carbocycles. The summed E-state index contributed by atoms with van der Waals surface area (Å²) >= 11 is 1.50. The number of likely N-dealkylation sites (N-methyl/N-ethyl adjacent to an activating group) is 1. The van der Waals surface area contributed by atoms with Crippen molar-refractivity contribution in [2.45, 2.75) is 26.3 Å². The molecule has 0 aromatic heterocycles. The van der Waals surface area contributed by atoms with Crippen molar-refractivity contribution in [3.63, 3.8) is 0 Å². The number of thioether (sulfide) groups is 1. The third kappa shape index (κ3) is 9.11. The summed E-state index contributed by atoms with van der Waals surface area (Å²) in [6.45, 7) is 7.40. The standard InChI is InChI=1S/C15H26N4O3S/c1-4-19(5-2)8-7-17-11-12(10-16)14(20)18-13(15(21)22)6-9-23-3/h11,13,17H,4-9H2,1-3H3,(H,18,20)(H,21,22)/b12-11-. The summed E-state index contributed by atoms with van der Waals surface area (Å²) in [5.41, 5.74) is -0.125. The molecule has 0 aliphatic rings. The number of carboxylic acid groups (broad SMARTS) is 1. The number of carboxylic acids is 1. The van der Waals surface area contributed by atoms with Gasteiger partial charge in [-0.3, -0.25) is 4.79 Å². The lowest BCUT2D eigenvalue weighted by Crippen LogP contribution is -2.42. The van der Waals surface area contributed by atoms with E-state index >= 15 is 0 Å². The Labute approximate surface area is 142 Å². The molecule has 0 fully saturated rings. The molecule has 3 N–H and O–H groups in total. The van der Waals surface area contributed by atoms with Crippen LogP contribution in [-0.2, 0) is 9.59 Å². The highest BCUT2D eigenvalue weighted by Gasteiger charge is 2.21. The van der Waals surface area contributed by atoms with Crippen LogP contribution in [-0.4, -0.2) is 66.1 Å². The Balaban J connectivity index is 4.51. The van der Waals surface area contributed by atoms with E-state index in [0.717, 1.165) is 19.6 Å². The van der Waals surface area contributed by atoms with Crippen LogP contribution in [0.15, 0.2) is 11.8 Å². The van der Waals surface area contributed by atoms with Crippen molar-refractivity contribution in [3.8, 4) is 6.07 Å². The van der Waals surface area contributed by atoms with Crippen LogP contribution in [0.1, 0.15) is 20.3 Å². The second-order valence-electron chi connectivity index (χ2n) is 4.80. The van der Waals surface area contributed by atoms with Gasteiger partial charge in [0.2, 0.25) is 0 Å². The van der Waals surface area contributed by atoms with Crippen molar-refractivity contribution >= 4 is 23.6 Å². The predicted molar refractivity (Wildman–Crippen MR) is 92.1 cm³/mol. The summed E-state index contributed by atoms with van der Waals surface area (Å²) in [6, 6.07) is 0.809. The minimum absolute atomic E-state index is 0.125. The van der Waals surface area contributed by atoms with E-state index in [1.54, 1.807) is 6.07 Å². The first kappa shape index (κ1) is 21.3. The zero-order chi connectivity index (χ0) is 17.7. The molecule has 0 radical (unpaired) electrons. The van der Waals surface area contributed by atoms with Crippen LogP contribution in [0.4, 0.5) is 0 Å². The molecule has 8 heteroatoms. The van der Waals surface area contributed by atoms with Gasteiger partial charge in [0.15, 0.2) is 0 Å². The smallest absolute Gasteiger partial charge is 0.326 e. The third-order valence-electron chi connectivity index (χ3n) is 3.29. The quantitative estimate of drug-likeness (QED) is 0.272. The molecule has 1 atom stereocenters. The monoisotopic (exact) mass is 342 g/mol. The van der Waals surface area contributed by atoms with Gasteiger partial charge in [-0.25, -0.2) is 4.79 Å². The van der Waals surface area contributed by atoms with E-state index in [4.69, 9.17) is 10.4 Å². The van der Waals surface area contributed by atoms with Gasteiger partial charge in [0.1, 0.15) is 17.7 Å². The number of amides is 1. The average molecular weight is 342 g/mol. The molecule has 0 bridgehead atoms. The van der Waals surface area contributed by atoms with Crippen molar-refractivity contribution in [3.05, 3.63) is 11.8 Å². The zero-order valence-corrected chi connectivity index (χ0v) is 14.8. The molecule has 0 heterocycles. The zero-order valence-electron chi connectivity index (χ0n) is 14.0. The number of nitrogens with one attached hydrogen (secondary N) is 2. The second-order valence-corrected chi connectivity index (χ2v) is 5.78. The molecule has 1 unspecified atom stereocenters. The number of rotatable bonds is 12. The van der Waals surface area contributed by atoms with E-state index in [1.165, 1.54) is 18.0 Å². The van der Waals surface area contributed by atoms with Gasteiger partial charge in [0, 0.05) is 19.3 Å². The largest absolute Gasteiger partial charge is 0.480 e. The van der Waals surface area contributed by atoms with Gasteiger partial charge in [-0.2, -0.15) is 17.0 Å². The number of carbonyl (C=O) groups excluding carboxylic acids is 1. The Hall–Kier alpha value is -1.72. The molecule has 7 nitrogen and oxygen atoms in total. The highest BCUT2D eigenvalue weighted by Crippen LogP contribution is 2.02. The van der Waals surface area contributed by atoms with E-state index in [2.05, 4.69) is 29.4 Å². The van der Waals surface area contributed by atoms with Crippen LogP contribution in [0.2, 0.25) is 0 Å². The number of carbonyl (C=O) groups is 2. The molecular formula is C15H26N4O3S. The molecule has 0 rings (SSSR count). The Bertz CT molecular complexity index is 444. The second kappa shape index (κ2) is 12.8. The van der Waals surface area contributed by atoms with Crippen molar-refractivity contribution < 1.29 is 14.7 Å². The molecule has 0 aromatic carbocycles. The Morgan fingerprint density at radius 2 is 2.04 bits per heavy atom. The van der Waals surface area contributed by atoms with E-state index in [0.29, 0.717) is 18.7 Å². The number of nitrogens with zero attached hydrogens (tertiary/aromatic N) is 2. The van der Waals surface area contributed by atoms with Crippen LogP contribution in [0.5, 0.6) is 0 Å². The molecule has 23 heavy (non-hydrogen) atoms. The topological polar surface area (TPSA) is 105 Å². The molecule has 0 aromatic rings. The average Bonchev–Trinajstić information content (AvgIpc) is 2.54. The van der Waals surface area contributed by atoms with E-state index in [1.807, 2.05) is 6.26 Å². The molecule has 0 aliphatic heterocycles. The molecule has 0 spiro atoms. The maximum Gasteiger partial charge on any atom is 0.326 e. The SMILES string of the molecule is CCN(CC)CCN/C=C(/C#N)C(=O)NC(CCSC)C(=O)O. The highest BCUT2D eigenvalue weighted by molar-refractivity contribution is 7.98. The predicted octanol–water partition coefficient (Wildman–Crippen LogP) is 0.648. The number of nitriles is 1. The summed E-state index contributed by atoms with van der Waals surface area (Å²) in [7, 11) is 0. The molecule has 130 valence electrons. The fourth-order valence-corrected chi connectivity index (χ4v) is 2.29. The minimum Gasteiger partial charge on any atom is -0.480 e. The molecular weight excluding hydrogens is 316 g/mol. The number of hydrogen-bond acceptors (Lipinski definition) is 6. The fourth-order valence-electron chi connectivity index (χ4n) is 1.81. The third-order valence-corrected chi connectivity index (χ3v) is 3.94. The molecule has 0 saturated heterocycles. The molecule has 0 aliphatic carbocycles. The normalized spacial score (nSPS) is 12.6. The van der Waals surface area contributed by atoms with Crippen LogP contribution < -0.4 is 10.6 Å². The van der Waals surface area contributed by atoms with E-state index in [-0.39, 0.29) is 5.57 Å². The Morgan fingerprint density at radius 1 is 1.39 bits per heavy atom. The lowest BCUT2D eigenvalue weighted by molar-refractivity contribution is -0.141. The van der Waals surface area contributed by atoms with Gasteiger partial charge in [0.05, 0.1) is 0 Å². The van der Waals surface area contributed by atoms with Crippen molar-refractivity contribution in [1.29, 1.82) is 5.26 Å². The summed E-state index contributed by atoms with van der Waals surface area (Å²) in [6.07, 6.45) is 3.52. The van der Waals surface area contributed by atoms with Gasteiger partial charge in [-0.1, -0.05) is 13.8 Å². The van der Waals surface area contributed by atoms with Gasteiger partial charge >= 0.3 is 5.97 Å². The fraction of sp³-hybridized carbons (Fsp3) is 0.667. The maximum absolute atomic E-state index is 12.0. The van der Waals surface area contributed by atoms with Gasteiger partial charge < -0.3 is 20.6 Å². The first-order chi connectivity index (χ1) is 11.0. The van der Waals surface area contributed by atoms with E-state index in [9.17, 15) is 9.59 Å². The lowest BCUT2D eigenvalue weighted by Gasteiger charge is -2.17. The summed E-state index contributed by atoms with van der Waals surface area (Å²) in [5.74, 6) is -1.15. The summed E-state index contributed by atoms with van der Waals surface area (Å²) in [4.78, 5) is 25.3.